The minimum Gasteiger partial charge on any atom is -0.390 e. The Hall–Kier alpha value is -0.670. The third-order valence-electron chi connectivity index (χ3n) is 8.58. The molecule has 3 heteroatoms. The van der Waals surface area contributed by atoms with Crippen LogP contribution in [0, 0.1) is 34.5 Å². The maximum atomic E-state index is 12.6. The van der Waals surface area contributed by atoms with E-state index in [9.17, 15) is 15.0 Å². The fourth-order valence-electron chi connectivity index (χ4n) is 7.27. The Bertz CT molecular complexity index is 582. The third kappa shape index (κ3) is 2.07. The Balaban J connectivity index is 1.69. The van der Waals surface area contributed by atoms with Crippen LogP contribution in [0.15, 0.2) is 11.6 Å². The summed E-state index contributed by atoms with van der Waals surface area (Å²) in [4.78, 5) is 12.6. The summed E-state index contributed by atoms with van der Waals surface area (Å²) in [5, 5.41) is 20.4. The summed E-state index contributed by atoms with van der Waals surface area (Å²) in [6.07, 6.45) is 7.55. The number of hydrogen-bond donors (Lipinski definition) is 2. The molecule has 3 nitrogen and oxygen atoms in total. The zero-order chi connectivity index (χ0) is 17.3. The maximum absolute atomic E-state index is 12.6. The van der Waals surface area contributed by atoms with Crippen LogP contribution in [0.25, 0.3) is 0 Å². The van der Waals surface area contributed by atoms with Gasteiger partial charge in [-0.1, -0.05) is 32.4 Å². The number of aliphatic hydroxyl groups is 2. The van der Waals surface area contributed by atoms with Gasteiger partial charge in [-0.05, 0) is 67.1 Å². The summed E-state index contributed by atoms with van der Waals surface area (Å²) >= 11 is 0. The van der Waals surface area contributed by atoms with Crippen molar-refractivity contribution in [3.63, 3.8) is 0 Å². The quantitative estimate of drug-likeness (QED) is 0.723. The summed E-state index contributed by atoms with van der Waals surface area (Å²) in [5.41, 5.74) is 1.55. The smallest absolute Gasteiger partial charge is 0.136 e. The van der Waals surface area contributed by atoms with Gasteiger partial charge < -0.3 is 10.2 Å². The summed E-state index contributed by atoms with van der Waals surface area (Å²) in [6, 6.07) is 0. The van der Waals surface area contributed by atoms with Gasteiger partial charge in [0.2, 0.25) is 0 Å². The highest BCUT2D eigenvalue weighted by molar-refractivity contribution is 5.84. The van der Waals surface area contributed by atoms with E-state index in [4.69, 9.17) is 0 Å². The molecule has 0 heterocycles. The normalized spacial score (nSPS) is 53.9. The number of fused-ring (bicyclic) bond motifs is 5. The topological polar surface area (TPSA) is 57.5 Å². The molecule has 0 spiro atoms. The molecule has 0 aromatic carbocycles. The Morgan fingerprint density at radius 3 is 2.62 bits per heavy atom. The standard InChI is InChI=1S/C21H32O3/c1-4-14-17(22)10-16-13-6-5-12-9-18(23)19(24)11-21(12,3)15(13)7-8-20(14,16)2/h5,13-16,18-19,23-24H,4,6-11H2,1-3H3/t13-,14+,15+,16+,18-,19-,20-,21+/m1/s1. The van der Waals surface area contributed by atoms with E-state index in [1.807, 2.05) is 0 Å². The lowest BCUT2D eigenvalue weighted by atomic mass is 9.47. The van der Waals surface area contributed by atoms with Gasteiger partial charge in [-0.25, -0.2) is 0 Å². The Kier molecular flexibility index (Phi) is 3.78. The van der Waals surface area contributed by atoms with E-state index in [1.54, 1.807) is 0 Å². The van der Waals surface area contributed by atoms with Gasteiger partial charge in [0, 0.05) is 12.3 Å². The Morgan fingerprint density at radius 1 is 1.17 bits per heavy atom. The molecule has 0 aromatic rings. The fourth-order valence-corrected chi connectivity index (χ4v) is 7.27. The molecule has 0 amide bonds. The van der Waals surface area contributed by atoms with E-state index in [2.05, 4.69) is 26.8 Å². The number of carbonyl (C=O) groups excluding carboxylic acids is 1. The second-order valence-corrected chi connectivity index (χ2v) is 9.48. The molecule has 8 atom stereocenters. The van der Waals surface area contributed by atoms with Gasteiger partial charge in [-0.15, -0.1) is 0 Å². The zero-order valence-corrected chi connectivity index (χ0v) is 15.3. The second kappa shape index (κ2) is 5.41. The van der Waals surface area contributed by atoms with Crippen molar-refractivity contribution >= 4 is 5.78 Å². The van der Waals surface area contributed by atoms with Crippen LogP contribution in [0.5, 0.6) is 0 Å². The van der Waals surface area contributed by atoms with Crippen LogP contribution in [0.4, 0.5) is 0 Å². The summed E-state index contributed by atoms with van der Waals surface area (Å²) in [6.45, 7) is 6.84. The molecule has 3 saturated carbocycles. The van der Waals surface area contributed by atoms with Gasteiger partial charge in [0.15, 0.2) is 0 Å². The van der Waals surface area contributed by atoms with Crippen molar-refractivity contribution in [2.45, 2.75) is 77.9 Å². The zero-order valence-electron chi connectivity index (χ0n) is 15.3. The van der Waals surface area contributed by atoms with E-state index >= 15 is 0 Å². The van der Waals surface area contributed by atoms with Crippen molar-refractivity contribution in [2.75, 3.05) is 0 Å². The van der Waals surface area contributed by atoms with Gasteiger partial charge in [0.1, 0.15) is 5.78 Å². The Labute approximate surface area is 145 Å². The van der Waals surface area contributed by atoms with Crippen molar-refractivity contribution in [2.24, 2.45) is 34.5 Å². The largest absolute Gasteiger partial charge is 0.390 e. The number of Topliss-reactive ketones (excluding diaryl/α,β-unsaturated/α-hetero) is 1. The molecule has 4 aliphatic rings. The van der Waals surface area contributed by atoms with E-state index in [1.165, 1.54) is 5.57 Å². The first-order valence-electron chi connectivity index (χ1n) is 9.89. The predicted octanol–water partition coefficient (Wildman–Crippen LogP) is 3.49. The minimum absolute atomic E-state index is 0.0102. The first-order chi connectivity index (χ1) is 11.3. The number of aliphatic hydroxyl groups excluding tert-OH is 2. The number of hydrogen-bond acceptors (Lipinski definition) is 3. The van der Waals surface area contributed by atoms with Crippen molar-refractivity contribution in [1.29, 1.82) is 0 Å². The van der Waals surface area contributed by atoms with Crippen LogP contribution >= 0.6 is 0 Å². The van der Waals surface area contributed by atoms with Crippen LogP contribution in [0.2, 0.25) is 0 Å². The van der Waals surface area contributed by atoms with Gasteiger partial charge >= 0.3 is 0 Å². The van der Waals surface area contributed by atoms with Gasteiger partial charge in [-0.3, -0.25) is 4.79 Å². The molecule has 24 heavy (non-hydrogen) atoms. The summed E-state index contributed by atoms with van der Waals surface area (Å²) < 4.78 is 0. The lowest BCUT2D eigenvalue weighted by Gasteiger charge is -2.58. The molecule has 0 saturated heterocycles. The first-order valence-corrected chi connectivity index (χ1v) is 9.89. The van der Waals surface area contributed by atoms with Crippen molar-refractivity contribution in [1.82, 2.24) is 0 Å². The lowest BCUT2D eigenvalue weighted by Crippen LogP contribution is -2.53. The van der Waals surface area contributed by atoms with Gasteiger partial charge in [0.05, 0.1) is 12.2 Å². The second-order valence-electron chi connectivity index (χ2n) is 9.48. The molecule has 4 rings (SSSR count). The highest BCUT2D eigenvalue weighted by Gasteiger charge is 2.61. The molecule has 0 aliphatic heterocycles. The van der Waals surface area contributed by atoms with Crippen molar-refractivity contribution < 1.29 is 15.0 Å². The minimum atomic E-state index is -0.604. The molecule has 3 fully saturated rings. The third-order valence-corrected chi connectivity index (χ3v) is 8.58. The van der Waals surface area contributed by atoms with Crippen molar-refractivity contribution in [3.8, 4) is 0 Å². The summed E-state index contributed by atoms with van der Waals surface area (Å²) in [7, 11) is 0. The Morgan fingerprint density at radius 2 is 1.92 bits per heavy atom. The number of allylic oxidation sites excluding steroid dienone is 1. The van der Waals surface area contributed by atoms with Crippen LogP contribution in [0.1, 0.15) is 65.7 Å². The van der Waals surface area contributed by atoms with Crippen LogP contribution in [0.3, 0.4) is 0 Å². The molecular weight excluding hydrogens is 300 g/mol. The van der Waals surface area contributed by atoms with Crippen LogP contribution in [-0.4, -0.2) is 28.2 Å². The monoisotopic (exact) mass is 332 g/mol. The maximum Gasteiger partial charge on any atom is 0.136 e. The van der Waals surface area contributed by atoms with E-state index in [-0.39, 0.29) is 16.7 Å². The van der Waals surface area contributed by atoms with Gasteiger partial charge in [0.25, 0.3) is 0 Å². The highest BCUT2D eigenvalue weighted by atomic mass is 16.3. The molecular formula is C21H32O3. The highest BCUT2D eigenvalue weighted by Crippen LogP contribution is 2.65. The van der Waals surface area contributed by atoms with Crippen LogP contribution in [-0.2, 0) is 4.79 Å². The SMILES string of the molecule is CC[C@H]1C(=O)C[C@H]2[C@@H]3CC=C4C[C@@H](O)[C@H](O)C[C@]4(C)[C@H]3CC[C@]12C. The number of rotatable bonds is 1. The number of ketones is 1. The average Bonchev–Trinajstić information content (AvgIpc) is 2.78. The van der Waals surface area contributed by atoms with Crippen LogP contribution < -0.4 is 0 Å². The first kappa shape index (κ1) is 16.8. The van der Waals surface area contributed by atoms with Crippen molar-refractivity contribution in [3.05, 3.63) is 11.6 Å². The number of carbonyl (C=O) groups is 1. The molecule has 0 aromatic heterocycles. The molecule has 0 unspecified atom stereocenters. The molecule has 134 valence electrons. The predicted molar refractivity (Wildman–Crippen MR) is 93.3 cm³/mol. The average molecular weight is 332 g/mol. The molecule has 0 bridgehead atoms. The lowest BCUT2D eigenvalue weighted by molar-refractivity contribution is -0.122. The summed E-state index contributed by atoms with van der Waals surface area (Å²) in [5.74, 6) is 2.37. The molecule has 4 aliphatic carbocycles. The fraction of sp³-hybridized carbons (Fsp3) is 0.857. The van der Waals surface area contributed by atoms with E-state index in [0.29, 0.717) is 36.4 Å². The van der Waals surface area contributed by atoms with E-state index < -0.39 is 12.2 Å². The molecule has 0 radical (unpaired) electrons. The molecule has 2 N–H and O–H groups in total. The van der Waals surface area contributed by atoms with Gasteiger partial charge in [-0.2, -0.15) is 0 Å². The van der Waals surface area contributed by atoms with E-state index in [0.717, 1.165) is 32.1 Å².